The Bertz CT molecular complexity index is 1010. The Hall–Kier alpha value is -2.34. The lowest BCUT2D eigenvalue weighted by Crippen LogP contribution is -2.21. The van der Waals surface area contributed by atoms with Gasteiger partial charge < -0.3 is 15.4 Å². The van der Waals surface area contributed by atoms with Gasteiger partial charge in [-0.3, -0.25) is 0 Å². The SMILES string of the molecule is COC(=O)c1c(NC(=S)Nc2cc(C(F)(F)F)cc(C(F)(F)F)c2)sc2c1CCCCCC2. The Morgan fingerprint density at radius 1 is 0.939 bits per heavy atom. The summed E-state index contributed by atoms with van der Waals surface area (Å²) in [5, 5.41) is 5.24. The van der Waals surface area contributed by atoms with E-state index in [4.69, 9.17) is 17.0 Å². The quantitative estimate of drug-likeness (QED) is 0.264. The molecule has 0 spiro atoms. The van der Waals surface area contributed by atoms with Crippen molar-refractivity contribution in [2.75, 3.05) is 17.7 Å². The van der Waals surface area contributed by atoms with Crippen LogP contribution in [0.1, 0.15) is 57.6 Å². The fourth-order valence-corrected chi connectivity index (χ4v) is 5.18. The fraction of sp³-hybridized carbons (Fsp3) is 0.429. The summed E-state index contributed by atoms with van der Waals surface area (Å²) in [6.07, 6.45) is -4.61. The Labute approximate surface area is 195 Å². The number of alkyl halides is 6. The molecule has 1 aliphatic carbocycles. The first kappa shape index (κ1) is 25.3. The van der Waals surface area contributed by atoms with Gasteiger partial charge in [0, 0.05) is 10.6 Å². The van der Waals surface area contributed by atoms with Gasteiger partial charge >= 0.3 is 18.3 Å². The molecule has 0 unspecified atom stereocenters. The average Bonchev–Trinajstić information content (AvgIpc) is 3.01. The third-order valence-corrected chi connectivity index (χ3v) is 6.54. The maximum absolute atomic E-state index is 13.1. The lowest BCUT2D eigenvalue weighted by Gasteiger charge is -2.16. The van der Waals surface area contributed by atoms with Crippen molar-refractivity contribution in [3.63, 3.8) is 0 Å². The van der Waals surface area contributed by atoms with Crippen LogP contribution in [0.25, 0.3) is 0 Å². The number of thiophene rings is 1. The average molecular weight is 511 g/mol. The van der Waals surface area contributed by atoms with Crippen LogP contribution in [0.5, 0.6) is 0 Å². The van der Waals surface area contributed by atoms with Crippen LogP contribution in [-0.4, -0.2) is 18.2 Å². The van der Waals surface area contributed by atoms with Crippen LogP contribution in [0, 0.1) is 0 Å². The molecule has 0 saturated heterocycles. The zero-order chi connectivity index (χ0) is 24.4. The molecule has 3 rings (SSSR count). The molecular formula is C21H20F6N2O2S2. The number of methoxy groups -OCH3 is 1. The number of ether oxygens (including phenoxy) is 1. The van der Waals surface area contributed by atoms with Crippen molar-refractivity contribution >= 4 is 45.3 Å². The van der Waals surface area contributed by atoms with Crippen LogP contribution in [-0.2, 0) is 29.9 Å². The number of benzene rings is 1. The van der Waals surface area contributed by atoms with Crippen LogP contribution in [0.3, 0.4) is 0 Å². The van der Waals surface area contributed by atoms with E-state index in [9.17, 15) is 31.1 Å². The van der Waals surface area contributed by atoms with Crippen LogP contribution in [0.4, 0.5) is 37.0 Å². The minimum absolute atomic E-state index is 0.0380. The smallest absolute Gasteiger partial charge is 0.416 e. The van der Waals surface area contributed by atoms with E-state index < -0.39 is 35.1 Å². The number of fused-ring (bicyclic) bond motifs is 1. The summed E-state index contributed by atoms with van der Waals surface area (Å²) in [4.78, 5) is 13.4. The number of anilines is 2. The molecule has 0 bridgehead atoms. The van der Waals surface area contributed by atoms with Gasteiger partial charge in [0.25, 0.3) is 0 Å². The van der Waals surface area contributed by atoms with Gasteiger partial charge in [0.1, 0.15) is 5.00 Å². The van der Waals surface area contributed by atoms with Gasteiger partial charge in [0.05, 0.1) is 23.8 Å². The van der Waals surface area contributed by atoms with Crippen LogP contribution in [0.15, 0.2) is 18.2 Å². The van der Waals surface area contributed by atoms with Crippen LogP contribution in [0.2, 0.25) is 0 Å². The molecule has 0 radical (unpaired) electrons. The van der Waals surface area contributed by atoms with Crippen molar-refractivity contribution in [2.45, 2.75) is 50.9 Å². The minimum atomic E-state index is -4.98. The summed E-state index contributed by atoms with van der Waals surface area (Å²) in [5.41, 5.74) is -2.27. The summed E-state index contributed by atoms with van der Waals surface area (Å²) < 4.78 is 83.5. The normalized spacial score (nSPS) is 14.6. The van der Waals surface area contributed by atoms with Gasteiger partial charge in [-0.2, -0.15) is 26.3 Å². The van der Waals surface area contributed by atoms with Gasteiger partial charge in [-0.1, -0.05) is 12.8 Å². The molecule has 1 aliphatic rings. The second-order valence-corrected chi connectivity index (χ2v) is 9.00. The zero-order valence-electron chi connectivity index (χ0n) is 17.4. The first-order valence-corrected chi connectivity index (χ1v) is 11.2. The number of thiocarbonyl (C=S) groups is 1. The monoisotopic (exact) mass is 510 g/mol. The fourth-order valence-electron chi connectivity index (χ4n) is 3.62. The number of hydrogen-bond acceptors (Lipinski definition) is 4. The van der Waals surface area contributed by atoms with Crippen LogP contribution < -0.4 is 10.6 Å². The van der Waals surface area contributed by atoms with E-state index in [2.05, 4.69) is 10.6 Å². The van der Waals surface area contributed by atoms with Crippen molar-refractivity contribution in [2.24, 2.45) is 0 Å². The molecule has 0 fully saturated rings. The molecule has 4 nitrogen and oxygen atoms in total. The van der Waals surface area contributed by atoms with Crippen LogP contribution >= 0.6 is 23.6 Å². The lowest BCUT2D eigenvalue weighted by atomic mass is 9.96. The highest BCUT2D eigenvalue weighted by Crippen LogP contribution is 2.39. The van der Waals surface area contributed by atoms with Gasteiger partial charge in [-0.25, -0.2) is 4.79 Å². The highest BCUT2D eigenvalue weighted by atomic mass is 32.1. The number of hydrogen-bond donors (Lipinski definition) is 2. The number of aryl methyl sites for hydroxylation is 1. The minimum Gasteiger partial charge on any atom is -0.465 e. The lowest BCUT2D eigenvalue weighted by molar-refractivity contribution is -0.143. The molecule has 1 heterocycles. The number of esters is 1. The maximum Gasteiger partial charge on any atom is 0.416 e. The number of nitrogens with one attached hydrogen (secondary N) is 2. The molecule has 12 heteroatoms. The molecule has 0 atom stereocenters. The molecular weight excluding hydrogens is 490 g/mol. The van der Waals surface area contributed by atoms with E-state index in [1.807, 2.05) is 0 Å². The predicted octanol–water partition coefficient (Wildman–Crippen LogP) is 7.04. The first-order valence-electron chi connectivity index (χ1n) is 10.0. The maximum atomic E-state index is 13.1. The Morgan fingerprint density at radius 2 is 1.52 bits per heavy atom. The van der Waals surface area contributed by atoms with E-state index >= 15 is 0 Å². The van der Waals surface area contributed by atoms with E-state index in [1.165, 1.54) is 18.4 Å². The van der Waals surface area contributed by atoms with E-state index in [-0.39, 0.29) is 11.2 Å². The number of carbonyl (C=O) groups is 1. The summed E-state index contributed by atoms with van der Waals surface area (Å²) in [7, 11) is 1.23. The summed E-state index contributed by atoms with van der Waals surface area (Å²) in [6, 6.07) is 1.12. The standard InChI is InChI=1S/C21H20F6N2O2S2/c1-31-18(30)16-14-6-4-2-3-5-7-15(14)33-17(16)29-19(32)28-13-9-11(20(22,23)24)8-12(10-13)21(25,26)27/h8-10H,2-7H2,1H3,(H2,28,29,32). The Morgan fingerprint density at radius 3 is 2.06 bits per heavy atom. The summed E-state index contributed by atoms with van der Waals surface area (Å²) in [6.45, 7) is 0. The molecule has 2 aromatic rings. The third-order valence-electron chi connectivity index (χ3n) is 5.13. The molecule has 1 aromatic carbocycles. The second-order valence-electron chi connectivity index (χ2n) is 7.49. The zero-order valence-corrected chi connectivity index (χ0v) is 19.0. The molecule has 33 heavy (non-hydrogen) atoms. The highest BCUT2D eigenvalue weighted by molar-refractivity contribution is 7.80. The number of rotatable bonds is 3. The van der Waals surface area contributed by atoms with E-state index in [1.54, 1.807) is 0 Å². The Balaban J connectivity index is 1.91. The highest BCUT2D eigenvalue weighted by Gasteiger charge is 2.37. The van der Waals surface area contributed by atoms with Crippen molar-refractivity contribution in [3.8, 4) is 0 Å². The second kappa shape index (κ2) is 9.88. The topological polar surface area (TPSA) is 50.4 Å². The van der Waals surface area contributed by atoms with Gasteiger partial charge in [0.2, 0.25) is 0 Å². The third kappa shape index (κ3) is 6.17. The summed E-state index contributed by atoms with van der Waals surface area (Å²) in [5.74, 6) is -0.586. The van der Waals surface area contributed by atoms with Crippen molar-refractivity contribution in [1.29, 1.82) is 0 Å². The molecule has 0 saturated carbocycles. The molecule has 0 amide bonds. The van der Waals surface area contributed by atoms with Gasteiger partial charge in [0.15, 0.2) is 5.11 Å². The Kier molecular flexibility index (Phi) is 7.57. The van der Waals surface area contributed by atoms with Gasteiger partial charge in [-0.15, -0.1) is 11.3 Å². The van der Waals surface area contributed by atoms with Gasteiger partial charge in [-0.05, 0) is 61.7 Å². The predicted molar refractivity (Wildman–Crippen MR) is 118 cm³/mol. The van der Waals surface area contributed by atoms with Crippen molar-refractivity contribution in [3.05, 3.63) is 45.3 Å². The molecule has 0 aliphatic heterocycles. The summed E-state index contributed by atoms with van der Waals surface area (Å²) >= 11 is 6.42. The van der Waals surface area contributed by atoms with E-state index in [0.717, 1.165) is 42.5 Å². The largest absolute Gasteiger partial charge is 0.465 e. The van der Waals surface area contributed by atoms with Crippen molar-refractivity contribution in [1.82, 2.24) is 0 Å². The molecule has 1 aromatic heterocycles. The first-order chi connectivity index (χ1) is 15.4. The molecule has 180 valence electrons. The van der Waals surface area contributed by atoms with Crippen molar-refractivity contribution < 1.29 is 35.9 Å². The van der Waals surface area contributed by atoms with E-state index in [0.29, 0.717) is 29.1 Å². The molecule has 2 N–H and O–H groups in total. The number of halogens is 6. The number of carbonyl (C=O) groups excluding carboxylic acids is 1.